The first-order chi connectivity index (χ1) is 13.3. The average Bonchev–Trinajstić information content (AvgIpc) is 2.67. The van der Waals surface area contributed by atoms with Gasteiger partial charge in [-0.25, -0.2) is 4.98 Å². The normalized spacial score (nSPS) is 12.5. The summed E-state index contributed by atoms with van der Waals surface area (Å²) in [4.78, 5) is 9.09. The van der Waals surface area contributed by atoms with Crippen molar-refractivity contribution in [3.05, 3.63) is 36.0 Å². The fourth-order valence-corrected chi connectivity index (χ4v) is 2.38. The van der Waals surface area contributed by atoms with Crippen molar-refractivity contribution >= 4 is 11.5 Å². The van der Waals surface area contributed by atoms with E-state index >= 15 is 0 Å². The number of aromatic nitrogens is 2. The number of halogens is 3. The van der Waals surface area contributed by atoms with Crippen LogP contribution in [-0.4, -0.2) is 29.7 Å². The lowest BCUT2D eigenvalue weighted by molar-refractivity contribution is -0.137. The van der Waals surface area contributed by atoms with E-state index in [2.05, 4.69) is 9.97 Å². The Morgan fingerprint density at radius 1 is 1.14 bits per heavy atom. The second-order valence-corrected chi connectivity index (χ2v) is 6.48. The molecule has 0 radical (unpaired) electrons. The Kier molecular flexibility index (Phi) is 7.48. The number of hydrogen-bond acceptors (Lipinski definition) is 5. The number of unbranched alkanes of at least 4 members (excludes halogenated alkanes) is 1. The highest BCUT2D eigenvalue weighted by Crippen LogP contribution is 2.38. The van der Waals surface area contributed by atoms with E-state index in [1.807, 2.05) is 20.8 Å². The Balaban J connectivity index is 2.30. The minimum Gasteiger partial charge on any atom is -0.491 e. The molecule has 1 atom stereocenters. The van der Waals surface area contributed by atoms with E-state index in [0.717, 1.165) is 25.5 Å². The van der Waals surface area contributed by atoms with Crippen LogP contribution in [-0.2, 0) is 6.18 Å². The maximum Gasteiger partial charge on any atom is 0.421 e. The number of ether oxygens (including phenoxy) is 2. The zero-order valence-electron chi connectivity index (χ0n) is 16.6. The average molecular weight is 397 g/mol. The van der Waals surface area contributed by atoms with Crippen molar-refractivity contribution in [3.63, 3.8) is 0 Å². The lowest BCUT2D eigenvalue weighted by atomic mass is 10.2. The van der Waals surface area contributed by atoms with Crippen LogP contribution < -0.4 is 14.4 Å². The molecule has 2 aromatic rings. The van der Waals surface area contributed by atoms with Gasteiger partial charge in [-0.2, -0.15) is 18.2 Å². The number of alkyl halides is 3. The monoisotopic (exact) mass is 397 g/mol. The van der Waals surface area contributed by atoms with Crippen LogP contribution in [0, 0.1) is 0 Å². The van der Waals surface area contributed by atoms with Gasteiger partial charge in [0.1, 0.15) is 11.3 Å². The summed E-state index contributed by atoms with van der Waals surface area (Å²) in [5.74, 6) is 0.401. The second-order valence-electron chi connectivity index (χ2n) is 6.48. The van der Waals surface area contributed by atoms with Gasteiger partial charge < -0.3 is 14.4 Å². The molecule has 1 unspecified atom stereocenters. The van der Waals surface area contributed by atoms with Crippen molar-refractivity contribution in [1.82, 2.24) is 9.97 Å². The van der Waals surface area contributed by atoms with Crippen LogP contribution >= 0.6 is 0 Å². The smallest absolute Gasteiger partial charge is 0.421 e. The van der Waals surface area contributed by atoms with Crippen molar-refractivity contribution in [3.8, 4) is 11.8 Å². The summed E-state index contributed by atoms with van der Waals surface area (Å²) in [6.45, 7) is 6.31. The fourth-order valence-electron chi connectivity index (χ4n) is 2.38. The SMILES string of the molecule is CCCCOc1ncc(C(F)(F)F)c(N(C)c2ccc(OC(C)CC)cc2)n1. The van der Waals surface area contributed by atoms with Crippen LogP contribution in [0.3, 0.4) is 0 Å². The summed E-state index contributed by atoms with van der Waals surface area (Å²) < 4.78 is 51.4. The topological polar surface area (TPSA) is 47.5 Å². The Labute approximate surface area is 163 Å². The maximum atomic E-state index is 13.4. The quantitative estimate of drug-likeness (QED) is 0.514. The van der Waals surface area contributed by atoms with Gasteiger partial charge in [0, 0.05) is 18.9 Å². The zero-order chi connectivity index (χ0) is 20.7. The standard InChI is InChI=1S/C20H26F3N3O2/c1-5-7-12-27-19-24-13-17(20(21,22)23)18(25-19)26(4)15-8-10-16(11-9-15)28-14(3)6-2/h8-11,13-14H,5-7,12H2,1-4H3. The minimum atomic E-state index is -4.58. The van der Waals surface area contributed by atoms with Crippen LogP contribution in [0.5, 0.6) is 11.8 Å². The predicted octanol–water partition coefficient (Wildman–Crippen LogP) is 5.62. The summed E-state index contributed by atoms with van der Waals surface area (Å²) in [7, 11) is 1.53. The molecule has 0 amide bonds. The molecule has 1 heterocycles. The molecule has 1 aromatic heterocycles. The third-order valence-corrected chi connectivity index (χ3v) is 4.23. The maximum absolute atomic E-state index is 13.4. The van der Waals surface area contributed by atoms with Gasteiger partial charge >= 0.3 is 12.2 Å². The second kappa shape index (κ2) is 9.61. The molecular weight excluding hydrogens is 371 g/mol. The number of hydrogen-bond donors (Lipinski definition) is 0. The lowest BCUT2D eigenvalue weighted by Gasteiger charge is -2.23. The number of rotatable bonds is 9. The van der Waals surface area contributed by atoms with E-state index in [1.54, 1.807) is 24.3 Å². The predicted molar refractivity (Wildman–Crippen MR) is 102 cm³/mol. The third-order valence-electron chi connectivity index (χ3n) is 4.23. The van der Waals surface area contributed by atoms with Crippen molar-refractivity contribution in [2.45, 2.75) is 52.3 Å². The zero-order valence-corrected chi connectivity index (χ0v) is 16.6. The summed E-state index contributed by atoms with van der Waals surface area (Å²) >= 11 is 0. The summed E-state index contributed by atoms with van der Waals surface area (Å²) in [6.07, 6.45) is -1.22. The molecule has 2 rings (SSSR count). The van der Waals surface area contributed by atoms with E-state index in [0.29, 0.717) is 18.0 Å². The van der Waals surface area contributed by atoms with Gasteiger partial charge in [-0.3, -0.25) is 0 Å². The van der Waals surface area contributed by atoms with Crippen molar-refractivity contribution in [2.24, 2.45) is 0 Å². The van der Waals surface area contributed by atoms with E-state index < -0.39 is 11.7 Å². The van der Waals surface area contributed by atoms with Gasteiger partial charge in [0.05, 0.1) is 12.7 Å². The molecule has 0 N–H and O–H groups in total. The number of anilines is 2. The van der Waals surface area contributed by atoms with Crippen LogP contribution in [0.4, 0.5) is 24.7 Å². The first-order valence-corrected chi connectivity index (χ1v) is 9.33. The van der Waals surface area contributed by atoms with E-state index in [1.165, 1.54) is 11.9 Å². The molecule has 28 heavy (non-hydrogen) atoms. The summed E-state index contributed by atoms with van der Waals surface area (Å²) in [5, 5.41) is 0. The number of nitrogens with zero attached hydrogens (tertiary/aromatic N) is 3. The molecule has 5 nitrogen and oxygen atoms in total. The largest absolute Gasteiger partial charge is 0.491 e. The molecular formula is C20H26F3N3O2. The van der Waals surface area contributed by atoms with Crippen molar-refractivity contribution in [2.75, 3.05) is 18.6 Å². The van der Waals surface area contributed by atoms with Gasteiger partial charge in [0.25, 0.3) is 0 Å². The highest BCUT2D eigenvalue weighted by molar-refractivity contribution is 5.63. The molecule has 8 heteroatoms. The van der Waals surface area contributed by atoms with Gasteiger partial charge in [-0.15, -0.1) is 0 Å². The molecule has 0 spiro atoms. The molecule has 154 valence electrons. The molecule has 0 aliphatic heterocycles. The molecule has 0 fully saturated rings. The molecule has 0 bridgehead atoms. The van der Waals surface area contributed by atoms with E-state index in [9.17, 15) is 13.2 Å². The van der Waals surface area contributed by atoms with Crippen molar-refractivity contribution in [1.29, 1.82) is 0 Å². The van der Waals surface area contributed by atoms with Gasteiger partial charge in [0.15, 0.2) is 5.82 Å². The molecule has 0 saturated carbocycles. The highest BCUT2D eigenvalue weighted by Gasteiger charge is 2.36. The fraction of sp³-hybridized carbons (Fsp3) is 0.500. The Bertz CT molecular complexity index is 751. The Morgan fingerprint density at radius 3 is 2.39 bits per heavy atom. The van der Waals surface area contributed by atoms with Gasteiger partial charge in [-0.05, 0) is 44.0 Å². The molecule has 0 saturated heterocycles. The summed E-state index contributed by atoms with van der Waals surface area (Å²) in [5.41, 5.74) is -0.377. The van der Waals surface area contributed by atoms with Crippen LogP contribution in [0.15, 0.2) is 30.5 Å². The Morgan fingerprint density at radius 2 is 1.82 bits per heavy atom. The lowest BCUT2D eigenvalue weighted by Crippen LogP contribution is -2.19. The van der Waals surface area contributed by atoms with E-state index in [-0.39, 0.29) is 17.9 Å². The highest BCUT2D eigenvalue weighted by atomic mass is 19.4. The van der Waals surface area contributed by atoms with Gasteiger partial charge in [-0.1, -0.05) is 20.3 Å². The van der Waals surface area contributed by atoms with Crippen molar-refractivity contribution < 1.29 is 22.6 Å². The molecule has 0 aliphatic rings. The minimum absolute atomic E-state index is 0.0603. The first kappa shape index (κ1) is 21.8. The van der Waals surface area contributed by atoms with Gasteiger partial charge in [0.2, 0.25) is 0 Å². The van der Waals surface area contributed by atoms with Crippen LogP contribution in [0.1, 0.15) is 45.6 Å². The number of benzene rings is 1. The first-order valence-electron chi connectivity index (χ1n) is 9.33. The Hall–Kier alpha value is -2.51. The van der Waals surface area contributed by atoms with Crippen LogP contribution in [0.25, 0.3) is 0 Å². The van der Waals surface area contributed by atoms with E-state index in [4.69, 9.17) is 9.47 Å². The molecule has 0 aliphatic carbocycles. The third kappa shape index (κ3) is 5.74. The van der Waals surface area contributed by atoms with Crippen LogP contribution in [0.2, 0.25) is 0 Å². The molecule has 1 aromatic carbocycles. The summed E-state index contributed by atoms with van der Waals surface area (Å²) in [6, 6.07) is 6.77.